The molecule has 224 valence electrons. The topological polar surface area (TPSA) is 71.1 Å². The van der Waals surface area contributed by atoms with Crippen molar-refractivity contribution in [3.05, 3.63) is 120 Å². The fraction of sp³-hybridized carbons (Fsp3) is 0.267. The van der Waals surface area contributed by atoms with Gasteiger partial charge in [0.15, 0.2) is 12.2 Å². The molecule has 3 aromatic carbocycles. The first-order chi connectivity index (χ1) is 19.8. The first-order valence-corrected chi connectivity index (χ1v) is 12.2. The second-order valence-corrected chi connectivity index (χ2v) is 8.84. The molecule has 0 amide bonds. The molecular weight excluding hydrogens is 570 g/mol. The van der Waals surface area contributed by atoms with Gasteiger partial charge in [-0.1, -0.05) is 97.6 Å². The molecule has 12 heteroatoms. The summed E-state index contributed by atoms with van der Waals surface area (Å²) in [6, 6.07) is 18.8. The Morgan fingerprint density at radius 1 is 0.643 bits per heavy atom. The van der Waals surface area contributed by atoms with Gasteiger partial charge in [0.05, 0.1) is 0 Å². The molecule has 0 heterocycles. The van der Waals surface area contributed by atoms with E-state index < -0.39 is 58.8 Å². The lowest BCUT2D eigenvalue weighted by Gasteiger charge is -2.36. The van der Waals surface area contributed by atoms with Crippen molar-refractivity contribution >= 4 is 11.9 Å². The van der Waals surface area contributed by atoms with Crippen LogP contribution >= 0.6 is 0 Å². The summed E-state index contributed by atoms with van der Waals surface area (Å²) in [7, 11) is 1.30. The molecular formula is C30H26F6O6. The molecule has 0 radical (unpaired) electrons. The van der Waals surface area contributed by atoms with Crippen LogP contribution in [0, 0.1) is 0 Å². The van der Waals surface area contributed by atoms with Crippen LogP contribution in [0.25, 0.3) is 0 Å². The largest absolute Gasteiger partial charge is 0.451 e. The molecule has 0 aliphatic heterocycles. The Morgan fingerprint density at radius 2 is 1.00 bits per heavy atom. The lowest BCUT2D eigenvalue weighted by molar-refractivity contribution is -0.284. The number of alkyl halides is 6. The van der Waals surface area contributed by atoms with Gasteiger partial charge in [-0.2, -0.15) is 26.3 Å². The van der Waals surface area contributed by atoms with Crippen LogP contribution < -0.4 is 0 Å². The molecule has 3 rings (SSSR count). The van der Waals surface area contributed by atoms with Gasteiger partial charge in [-0.25, -0.2) is 9.59 Å². The van der Waals surface area contributed by atoms with Crippen LogP contribution in [0.3, 0.4) is 0 Å². The van der Waals surface area contributed by atoms with Crippen LogP contribution in [0.4, 0.5) is 26.3 Å². The van der Waals surface area contributed by atoms with Crippen LogP contribution in [-0.2, 0) is 39.7 Å². The average molecular weight is 597 g/mol. The Bertz CT molecular complexity index is 1350. The predicted molar refractivity (Wildman–Crippen MR) is 138 cm³/mol. The molecule has 0 spiro atoms. The quantitative estimate of drug-likeness (QED) is 0.142. The molecule has 0 saturated carbocycles. The molecule has 42 heavy (non-hydrogen) atoms. The van der Waals surface area contributed by atoms with Gasteiger partial charge in [-0.3, -0.25) is 0 Å². The fourth-order valence-electron chi connectivity index (χ4n) is 4.38. The average Bonchev–Trinajstić information content (AvgIpc) is 2.96. The van der Waals surface area contributed by atoms with E-state index in [1.54, 1.807) is 0 Å². The summed E-state index contributed by atoms with van der Waals surface area (Å²) < 4.78 is 107. The van der Waals surface area contributed by atoms with E-state index in [9.17, 15) is 35.9 Å². The summed E-state index contributed by atoms with van der Waals surface area (Å²) in [5.41, 5.74) is -8.53. The molecule has 4 atom stereocenters. The molecule has 0 N–H and O–H groups in total. The number of carbonyl (C=O) groups is 2. The third-order valence-corrected chi connectivity index (χ3v) is 6.48. The lowest BCUT2D eigenvalue weighted by Crippen LogP contribution is -2.54. The molecule has 0 aromatic heterocycles. The number of methoxy groups -OCH3 is 2. The van der Waals surface area contributed by atoms with Crippen molar-refractivity contribution in [3.8, 4) is 0 Å². The minimum atomic E-state index is -5.35. The first-order valence-electron chi connectivity index (χ1n) is 12.2. The smallest absolute Gasteiger partial charge is 0.432 e. The number of ether oxygens (including phenoxy) is 4. The van der Waals surface area contributed by atoms with E-state index in [0.29, 0.717) is 14.2 Å². The molecule has 0 unspecified atom stereocenters. The van der Waals surface area contributed by atoms with Crippen molar-refractivity contribution in [2.75, 3.05) is 14.2 Å². The van der Waals surface area contributed by atoms with Crippen LogP contribution in [0.15, 0.2) is 104 Å². The maximum atomic E-state index is 14.5. The van der Waals surface area contributed by atoms with Gasteiger partial charge < -0.3 is 18.9 Å². The van der Waals surface area contributed by atoms with Crippen LogP contribution in [0.2, 0.25) is 0 Å². The van der Waals surface area contributed by atoms with E-state index in [0.717, 1.165) is 30.3 Å². The van der Waals surface area contributed by atoms with Crippen LogP contribution in [0.1, 0.15) is 22.8 Å². The highest BCUT2D eigenvalue weighted by Gasteiger charge is 2.66. The summed E-state index contributed by atoms with van der Waals surface area (Å²) in [4.78, 5) is 26.7. The maximum absolute atomic E-state index is 14.5. The van der Waals surface area contributed by atoms with Gasteiger partial charge in [-0.15, -0.1) is 0 Å². The molecule has 0 aliphatic rings. The van der Waals surface area contributed by atoms with E-state index >= 15 is 0 Å². The zero-order chi connectivity index (χ0) is 31.2. The fourth-order valence-corrected chi connectivity index (χ4v) is 4.38. The van der Waals surface area contributed by atoms with Gasteiger partial charge in [0.1, 0.15) is 0 Å². The zero-order valence-electron chi connectivity index (χ0n) is 22.3. The Balaban J connectivity index is 2.11. The molecule has 0 saturated heterocycles. The summed E-state index contributed by atoms with van der Waals surface area (Å²) in [5.74, 6) is -3.93. The first kappa shape index (κ1) is 32.4. The number of hydrogen-bond acceptors (Lipinski definition) is 6. The predicted octanol–water partition coefficient (Wildman–Crippen LogP) is 6.58. The summed E-state index contributed by atoms with van der Waals surface area (Å²) in [5, 5.41) is 0. The zero-order valence-corrected chi connectivity index (χ0v) is 22.3. The number of rotatable bonds is 11. The minimum absolute atomic E-state index is 0.0153. The van der Waals surface area contributed by atoms with Crippen molar-refractivity contribution in [2.24, 2.45) is 0 Å². The van der Waals surface area contributed by atoms with Crippen LogP contribution in [-0.4, -0.2) is 44.6 Å². The number of esters is 2. The Hall–Kier alpha value is -4.16. The van der Waals surface area contributed by atoms with E-state index in [4.69, 9.17) is 18.9 Å². The monoisotopic (exact) mass is 596 g/mol. The maximum Gasteiger partial charge on any atom is 0.432 e. The molecule has 3 aromatic rings. The number of halogens is 6. The highest BCUT2D eigenvalue weighted by molar-refractivity contribution is 5.84. The Labute approximate surface area is 237 Å². The van der Waals surface area contributed by atoms with Gasteiger partial charge >= 0.3 is 24.3 Å². The van der Waals surface area contributed by atoms with E-state index in [2.05, 4.69) is 6.58 Å². The van der Waals surface area contributed by atoms with E-state index in [1.807, 2.05) is 0 Å². The summed E-state index contributed by atoms with van der Waals surface area (Å²) in [6.07, 6.45) is -13.7. The van der Waals surface area contributed by atoms with E-state index in [1.165, 1.54) is 66.7 Å². The lowest BCUT2D eigenvalue weighted by atomic mass is 9.92. The van der Waals surface area contributed by atoms with Gasteiger partial charge in [-0.05, 0) is 11.6 Å². The normalized spacial score (nSPS) is 16.3. The van der Waals surface area contributed by atoms with Crippen molar-refractivity contribution < 1.29 is 54.9 Å². The van der Waals surface area contributed by atoms with Crippen molar-refractivity contribution in [2.45, 2.75) is 35.8 Å². The van der Waals surface area contributed by atoms with Crippen molar-refractivity contribution in [3.63, 3.8) is 0 Å². The highest BCUT2D eigenvalue weighted by atomic mass is 19.4. The highest BCUT2D eigenvalue weighted by Crippen LogP contribution is 2.46. The minimum Gasteiger partial charge on any atom is -0.451 e. The van der Waals surface area contributed by atoms with Crippen LogP contribution in [0.5, 0.6) is 0 Å². The van der Waals surface area contributed by atoms with Gasteiger partial charge in [0, 0.05) is 25.3 Å². The standard InChI is InChI=1S/C30H26F6O6/c1-4-23(41-25(37)27(39-2,29(31,32)33)21-16-10-6-11-17-21)24(20-14-8-5-9-15-20)42-26(38)28(40-3,30(34,35)36)22-18-12-7-13-19-22/h4-19,23-24H,1H2,2-3H3/t23-,24+,27-,28-/m1/s1. The van der Waals surface area contributed by atoms with E-state index in [-0.39, 0.29) is 5.56 Å². The number of carbonyl (C=O) groups excluding carboxylic acids is 2. The number of hydrogen-bond donors (Lipinski definition) is 0. The number of benzene rings is 3. The molecule has 0 fully saturated rings. The van der Waals surface area contributed by atoms with Crippen molar-refractivity contribution in [1.82, 2.24) is 0 Å². The third kappa shape index (κ3) is 5.90. The summed E-state index contributed by atoms with van der Waals surface area (Å²) in [6.45, 7) is 3.46. The van der Waals surface area contributed by atoms with Gasteiger partial charge in [0.25, 0.3) is 11.2 Å². The molecule has 0 aliphatic carbocycles. The SMILES string of the molecule is C=C[C@@H](OC(=O)[C@](OC)(c1ccccc1)C(F)(F)F)[C@@H](OC(=O)[C@](OC)(c1ccccc1)C(F)(F)F)c1ccccc1. The summed E-state index contributed by atoms with van der Waals surface area (Å²) >= 11 is 0. The molecule has 0 bridgehead atoms. The van der Waals surface area contributed by atoms with Gasteiger partial charge in [0.2, 0.25) is 0 Å². The second kappa shape index (κ2) is 12.8. The molecule has 6 nitrogen and oxygen atoms in total. The van der Waals surface area contributed by atoms with Crippen molar-refractivity contribution in [1.29, 1.82) is 0 Å². The Kier molecular flexibility index (Phi) is 9.85. The second-order valence-electron chi connectivity index (χ2n) is 8.84. The Morgan fingerprint density at radius 3 is 1.33 bits per heavy atom. The third-order valence-electron chi connectivity index (χ3n) is 6.48.